The van der Waals surface area contributed by atoms with E-state index in [1.165, 1.54) is 40.8 Å². The van der Waals surface area contributed by atoms with Gasteiger partial charge in [-0.25, -0.2) is 0 Å². The van der Waals surface area contributed by atoms with Crippen LogP contribution in [0.25, 0.3) is 35.3 Å². The van der Waals surface area contributed by atoms with Gasteiger partial charge in [-0.3, -0.25) is 0 Å². The van der Waals surface area contributed by atoms with Gasteiger partial charge in [0.2, 0.25) is 0 Å². The highest BCUT2D eigenvalue weighted by Crippen LogP contribution is 2.44. The van der Waals surface area contributed by atoms with E-state index in [-0.39, 0.29) is 0 Å². The van der Waals surface area contributed by atoms with Gasteiger partial charge in [0.25, 0.3) is 0 Å². The Balaban J connectivity index is 1.89. The highest BCUT2D eigenvalue weighted by atomic mass is 32.2. The summed E-state index contributed by atoms with van der Waals surface area (Å²) in [6, 6.07) is 15.5. The lowest BCUT2D eigenvalue weighted by Crippen LogP contribution is -2.36. The highest BCUT2D eigenvalue weighted by Gasteiger charge is 2.16. The number of nitrogens with zero attached hydrogens (tertiary/aromatic N) is 2. The Kier molecular flexibility index (Phi) is 2.69. The predicted molar refractivity (Wildman–Crippen MR) is 100.0 cm³/mol. The Hall–Kier alpha value is -2.17. The van der Waals surface area contributed by atoms with E-state index in [0.717, 1.165) is 0 Å². The van der Waals surface area contributed by atoms with Crippen molar-refractivity contribution in [1.82, 2.24) is 4.68 Å². The van der Waals surface area contributed by atoms with Crippen LogP contribution >= 0.6 is 22.7 Å². The molecule has 0 unspecified atom stereocenters. The number of rotatable bonds is 1. The van der Waals surface area contributed by atoms with Gasteiger partial charge in [0.05, 0.1) is 10.2 Å². The van der Waals surface area contributed by atoms with Gasteiger partial charge in [-0.2, -0.15) is 0 Å². The number of hydrogen-bond donors (Lipinski definition) is 0. The highest BCUT2D eigenvalue weighted by molar-refractivity contribution is 7.44. The molecule has 3 heterocycles. The van der Waals surface area contributed by atoms with Crippen LogP contribution in [0.15, 0.2) is 54.9 Å². The molecule has 0 aliphatic heterocycles. The van der Waals surface area contributed by atoms with E-state index in [1.54, 1.807) is 0 Å². The fourth-order valence-corrected chi connectivity index (χ4v) is 5.94. The fraction of sp³-hybridized carbons (Fsp3) is 0.105. The zero-order valence-corrected chi connectivity index (χ0v) is 14.5. The summed E-state index contributed by atoms with van der Waals surface area (Å²) in [6.45, 7) is 2.20. The van der Waals surface area contributed by atoms with E-state index in [9.17, 15) is 0 Å². The van der Waals surface area contributed by atoms with Gasteiger partial charge in [-0.05, 0) is 30.7 Å². The van der Waals surface area contributed by atoms with Gasteiger partial charge < -0.3 is 0 Å². The summed E-state index contributed by atoms with van der Waals surface area (Å²) in [6.07, 6.45) is 4.18. The molecule has 2 aromatic carbocycles. The summed E-state index contributed by atoms with van der Waals surface area (Å²) in [5.41, 5.74) is 2.56. The molecule has 23 heavy (non-hydrogen) atoms. The van der Waals surface area contributed by atoms with E-state index in [4.69, 9.17) is 0 Å². The monoisotopic (exact) mass is 335 g/mol. The van der Waals surface area contributed by atoms with Crippen LogP contribution in [0, 0.1) is 6.92 Å². The van der Waals surface area contributed by atoms with Crippen LogP contribution in [0.4, 0.5) is 0 Å². The SMILES string of the molecule is Cc1cc2c(cc1-n1ccc[n+]1C)sc1sc3ccccc3c12. The van der Waals surface area contributed by atoms with Crippen LogP contribution in [-0.2, 0) is 7.05 Å². The van der Waals surface area contributed by atoms with Gasteiger partial charge in [0.15, 0.2) is 13.2 Å². The summed E-state index contributed by atoms with van der Waals surface area (Å²) in [7, 11) is 2.07. The van der Waals surface area contributed by atoms with Crippen molar-refractivity contribution in [3.8, 4) is 5.69 Å². The Morgan fingerprint density at radius 2 is 1.78 bits per heavy atom. The molecule has 0 N–H and O–H groups in total. The quantitative estimate of drug-likeness (QED) is 0.373. The number of aryl methyl sites for hydroxylation is 2. The topological polar surface area (TPSA) is 8.81 Å². The van der Waals surface area contributed by atoms with Crippen molar-refractivity contribution >= 4 is 52.2 Å². The first-order valence-electron chi connectivity index (χ1n) is 7.60. The smallest absolute Gasteiger partial charge is 0.128 e. The second-order valence-electron chi connectivity index (χ2n) is 5.91. The van der Waals surface area contributed by atoms with Crippen LogP contribution in [0.1, 0.15) is 5.56 Å². The molecule has 0 aliphatic rings. The normalized spacial score (nSPS) is 11.9. The molecule has 4 heteroatoms. The molecule has 0 saturated heterocycles. The average molecular weight is 335 g/mol. The van der Waals surface area contributed by atoms with Crippen molar-refractivity contribution in [2.45, 2.75) is 6.92 Å². The van der Waals surface area contributed by atoms with Crippen molar-refractivity contribution < 1.29 is 4.68 Å². The molecular formula is C19H15N2S2+. The standard InChI is InChI=1S/C19H15N2S2/c1-12-10-14-17(11-15(12)21-9-5-8-20(21)2)23-19-18(14)13-6-3-4-7-16(13)22-19/h3-11H,1-2H3/q+1. The number of benzene rings is 2. The molecule has 0 aliphatic carbocycles. The lowest BCUT2D eigenvalue weighted by Gasteiger charge is -2.05. The van der Waals surface area contributed by atoms with Crippen molar-refractivity contribution in [1.29, 1.82) is 0 Å². The largest absolute Gasteiger partial charge is 0.195 e. The number of thiophene rings is 2. The lowest BCUT2D eigenvalue weighted by atomic mass is 10.1. The molecule has 0 amide bonds. The minimum absolute atomic E-state index is 1.25. The van der Waals surface area contributed by atoms with Gasteiger partial charge >= 0.3 is 0 Å². The summed E-state index contributed by atoms with van der Waals surface area (Å²) in [5, 5.41) is 4.20. The zero-order valence-electron chi connectivity index (χ0n) is 12.9. The third-order valence-corrected chi connectivity index (χ3v) is 6.86. The van der Waals surface area contributed by atoms with E-state index < -0.39 is 0 Å². The maximum Gasteiger partial charge on any atom is 0.195 e. The molecule has 5 rings (SSSR count). The van der Waals surface area contributed by atoms with E-state index in [1.807, 2.05) is 22.7 Å². The molecule has 0 radical (unpaired) electrons. The van der Waals surface area contributed by atoms with Crippen LogP contribution in [0.5, 0.6) is 0 Å². The minimum atomic E-state index is 1.25. The number of aromatic nitrogens is 2. The van der Waals surface area contributed by atoms with Crippen molar-refractivity contribution in [2.24, 2.45) is 7.05 Å². The van der Waals surface area contributed by atoms with E-state index in [0.29, 0.717) is 0 Å². The summed E-state index contributed by atoms with van der Waals surface area (Å²) in [5.74, 6) is 0. The molecule has 0 fully saturated rings. The maximum absolute atomic E-state index is 2.35. The first-order chi connectivity index (χ1) is 11.2. The fourth-order valence-electron chi connectivity index (χ4n) is 3.33. The average Bonchev–Trinajstić information content (AvgIpc) is 3.20. The molecule has 3 aromatic heterocycles. The second-order valence-corrected chi connectivity index (χ2v) is 8.27. The molecule has 112 valence electrons. The molecule has 0 saturated carbocycles. The van der Waals surface area contributed by atoms with Crippen molar-refractivity contribution in [3.63, 3.8) is 0 Å². The number of fused-ring (bicyclic) bond motifs is 5. The first-order valence-corrected chi connectivity index (χ1v) is 9.24. The Labute approximate surface area is 141 Å². The Morgan fingerprint density at radius 3 is 2.61 bits per heavy atom. The third-order valence-electron chi connectivity index (χ3n) is 4.45. The molecular weight excluding hydrogens is 320 g/mol. The molecule has 0 spiro atoms. The van der Waals surface area contributed by atoms with Gasteiger partial charge in [-0.15, -0.1) is 32.0 Å². The maximum atomic E-state index is 2.35. The van der Waals surface area contributed by atoms with Crippen LogP contribution in [-0.4, -0.2) is 4.68 Å². The van der Waals surface area contributed by atoms with Crippen LogP contribution < -0.4 is 4.68 Å². The summed E-state index contributed by atoms with van der Waals surface area (Å²) in [4.78, 5) is 0. The van der Waals surface area contributed by atoms with Crippen LogP contribution in [0.2, 0.25) is 0 Å². The van der Waals surface area contributed by atoms with E-state index in [2.05, 4.69) is 78.2 Å². The van der Waals surface area contributed by atoms with Crippen LogP contribution in [0.3, 0.4) is 0 Å². The lowest BCUT2D eigenvalue weighted by molar-refractivity contribution is -0.744. The third kappa shape index (κ3) is 1.82. The van der Waals surface area contributed by atoms with Gasteiger partial charge in [0, 0.05) is 31.6 Å². The summed E-state index contributed by atoms with van der Waals surface area (Å²) >= 11 is 3.82. The predicted octanol–water partition coefficient (Wildman–Crippen LogP) is 5.19. The van der Waals surface area contributed by atoms with Crippen molar-refractivity contribution in [2.75, 3.05) is 0 Å². The number of hydrogen-bond acceptors (Lipinski definition) is 2. The van der Waals surface area contributed by atoms with E-state index >= 15 is 0 Å². The van der Waals surface area contributed by atoms with Gasteiger partial charge in [0.1, 0.15) is 5.69 Å². The zero-order chi connectivity index (χ0) is 15.6. The Bertz CT molecular complexity index is 1190. The Morgan fingerprint density at radius 1 is 0.957 bits per heavy atom. The second kappa shape index (κ2) is 4.66. The molecule has 5 aromatic rings. The molecule has 0 atom stereocenters. The minimum Gasteiger partial charge on any atom is -0.128 e. The molecule has 0 bridgehead atoms. The first kappa shape index (κ1) is 13.3. The van der Waals surface area contributed by atoms with Crippen molar-refractivity contribution in [3.05, 3.63) is 60.4 Å². The summed E-state index contributed by atoms with van der Waals surface area (Å²) < 4.78 is 8.48. The molecule has 2 nitrogen and oxygen atoms in total. The van der Waals surface area contributed by atoms with Gasteiger partial charge in [-0.1, -0.05) is 18.2 Å².